The van der Waals surface area contributed by atoms with Gasteiger partial charge in [-0.2, -0.15) is 10.2 Å². The van der Waals surface area contributed by atoms with Crippen LogP contribution in [0.25, 0.3) is 22.2 Å². The van der Waals surface area contributed by atoms with E-state index in [0.29, 0.717) is 90.2 Å². The molecule has 20 heteroatoms. The molecule has 0 aliphatic carbocycles. The molecule has 6 aromatic rings. The number of primary amides is 2. The third kappa shape index (κ3) is 8.67. The minimum atomic E-state index is -0.668. The van der Waals surface area contributed by atoms with Crippen LogP contribution in [0, 0.1) is 13.8 Å². The van der Waals surface area contributed by atoms with Crippen LogP contribution in [0.5, 0.6) is 5.75 Å². The topological polar surface area (TPSA) is 250 Å². The molecule has 0 atom stereocenters. The molecule has 5 aromatic heterocycles. The van der Waals surface area contributed by atoms with Gasteiger partial charge >= 0.3 is 0 Å². The van der Waals surface area contributed by atoms with E-state index in [-0.39, 0.29) is 36.1 Å². The molecule has 4 amide bonds. The third-order valence-corrected chi connectivity index (χ3v) is 9.79. The Morgan fingerprint density at radius 3 is 1.93 bits per heavy atom. The summed E-state index contributed by atoms with van der Waals surface area (Å²) in [6.07, 6.45) is 5.04. The first kappa shape index (κ1) is 40.3. The van der Waals surface area contributed by atoms with Crippen molar-refractivity contribution in [3.63, 3.8) is 0 Å². The molecule has 7 rings (SSSR count). The molecule has 6 N–H and O–H groups in total. The molecular weight excluding hydrogens is 761 g/mol. The van der Waals surface area contributed by atoms with Crippen LogP contribution >= 0.6 is 0 Å². The van der Waals surface area contributed by atoms with Gasteiger partial charge in [-0.3, -0.25) is 48.6 Å². The number of nitrogens with zero attached hydrogens (tertiary/aromatic N) is 10. The molecule has 0 bridgehead atoms. The molecule has 0 radical (unpaired) electrons. The van der Waals surface area contributed by atoms with E-state index < -0.39 is 23.6 Å². The monoisotopic (exact) mass is 806 g/mol. The van der Waals surface area contributed by atoms with Gasteiger partial charge in [0.1, 0.15) is 34.8 Å². The number of imidazole rings is 2. The van der Waals surface area contributed by atoms with Crippen molar-refractivity contribution >= 4 is 57.7 Å². The fourth-order valence-electron chi connectivity index (χ4n) is 6.91. The highest BCUT2D eigenvalue weighted by molar-refractivity contribution is 6.05. The molecule has 308 valence electrons. The Balaban J connectivity index is 1.24. The summed E-state index contributed by atoms with van der Waals surface area (Å²) in [7, 11) is 0. The number of carbonyl (C=O) groups is 4. The van der Waals surface area contributed by atoms with Crippen molar-refractivity contribution in [3.05, 3.63) is 82.6 Å². The van der Waals surface area contributed by atoms with Gasteiger partial charge < -0.3 is 25.5 Å². The fourth-order valence-corrected chi connectivity index (χ4v) is 6.91. The summed E-state index contributed by atoms with van der Waals surface area (Å²) in [5.41, 5.74) is 15.4. The number of nitrogens with one attached hydrogen (secondary N) is 2. The van der Waals surface area contributed by atoms with Gasteiger partial charge in [-0.1, -0.05) is 12.2 Å². The number of allylic oxidation sites excluding steroid dienone is 2. The van der Waals surface area contributed by atoms with Gasteiger partial charge in [0.15, 0.2) is 5.65 Å². The first-order valence-corrected chi connectivity index (χ1v) is 19.2. The Labute approximate surface area is 338 Å². The van der Waals surface area contributed by atoms with E-state index in [9.17, 15) is 19.2 Å². The number of carbonyl (C=O) groups excluding carboxylic acids is 4. The molecule has 0 spiro atoms. The Kier molecular flexibility index (Phi) is 11.8. The number of hydrogen-bond acceptors (Lipinski definition) is 12. The van der Waals surface area contributed by atoms with E-state index >= 15 is 0 Å². The SMILES string of the molecule is CCn1nc(C)cc1C(=O)Nc1nc2cc(C(N)=O)cnc2n1C/C=C/Cn1c(NC(=O)c2cc(C)nn2CC)nc2cc(C(N)=O)cc(OCCN3CCOCC3)c21. The molecule has 1 aromatic carbocycles. The molecule has 1 aliphatic rings. The third-order valence-electron chi connectivity index (χ3n) is 9.79. The largest absolute Gasteiger partial charge is 0.490 e. The maximum absolute atomic E-state index is 13.7. The second-order valence-electron chi connectivity index (χ2n) is 13.9. The first-order chi connectivity index (χ1) is 28.4. The van der Waals surface area contributed by atoms with Crippen molar-refractivity contribution < 1.29 is 28.7 Å². The quantitative estimate of drug-likeness (QED) is 0.103. The highest BCUT2D eigenvalue weighted by Crippen LogP contribution is 2.32. The summed E-state index contributed by atoms with van der Waals surface area (Å²) >= 11 is 0. The average Bonchev–Trinajstić information content (AvgIpc) is 3.98. The van der Waals surface area contributed by atoms with E-state index in [1.54, 1.807) is 49.7 Å². The van der Waals surface area contributed by atoms with Crippen molar-refractivity contribution in [2.45, 2.75) is 53.9 Å². The van der Waals surface area contributed by atoms with Crippen LogP contribution < -0.4 is 26.8 Å². The predicted octanol–water partition coefficient (Wildman–Crippen LogP) is 2.50. The molecule has 1 fully saturated rings. The number of aromatic nitrogens is 9. The molecule has 0 unspecified atom stereocenters. The van der Waals surface area contributed by atoms with Gasteiger partial charge in [-0.15, -0.1) is 0 Å². The Bertz CT molecular complexity index is 2590. The van der Waals surface area contributed by atoms with Crippen LogP contribution in [0.1, 0.15) is 66.9 Å². The van der Waals surface area contributed by atoms with E-state index in [0.717, 1.165) is 13.1 Å². The predicted molar refractivity (Wildman–Crippen MR) is 217 cm³/mol. The number of ether oxygens (including phenoxy) is 2. The van der Waals surface area contributed by atoms with Gasteiger partial charge in [0, 0.05) is 57.6 Å². The van der Waals surface area contributed by atoms with Crippen molar-refractivity contribution in [2.24, 2.45) is 11.5 Å². The van der Waals surface area contributed by atoms with Crippen LogP contribution in [0.2, 0.25) is 0 Å². The van der Waals surface area contributed by atoms with Crippen molar-refractivity contribution in [1.82, 2.24) is 48.5 Å². The summed E-state index contributed by atoms with van der Waals surface area (Å²) in [6, 6.07) is 8.04. The van der Waals surface area contributed by atoms with Gasteiger partial charge in [0.05, 0.1) is 35.7 Å². The zero-order valence-electron chi connectivity index (χ0n) is 33.3. The van der Waals surface area contributed by atoms with E-state index in [4.69, 9.17) is 25.9 Å². The molecule has 6 heterocycles. The highest BCUT2D eigenvalue weighted by atomic mass is 16.5. The lowest BCUT2D eigenvalue weighted by molar-refractivity contribution is 0.0323. The summed E-state index contributed by atoms with van der Waals surface area (Å²) in [5, 5.41) is 14.6. The molecule has 1 saturated heterocycles. The van der Waals surface area contributed by atoms with Crippen LogP contribution in [0.4, 0.5) is 11.9 Å². The summed E-state index contributed by atoms with van der Waals surface area (Å²) in [6.45, 7) is 12.5. The number of nitrogens with two attached hydrogens (primary N) is 2. The maximum Gasteiger partial charge on any atom is 0.276 e. The lowest BCUT2D eigenvalue weighted by atomic mass is 10.1. The number of fused-ring (bicyclic) bond motifs is 2. The van der Waals surface area contributed by atoms with E-state index in [1.165, 1.54) is 12.3 Å². The number of anilines is 2. The maximum atomic E-state index is 13.7. The van der Waals surface area contributed by atoms with Crippen molar-refractivity contribution in [2.75, 3.05) is 50.1 Å². The number of aryl methyl sites for hydroxylation is 4. The number of morpholine rings is 1. The lowest BCUT2D eigenvalue weighted by Crippen LogP contribution is -2.38. The summed E-state index contributed by atoms with van der Waals surface area (Å²) in [5.74, 6) is -1.44. The molecule has 0 saturated carbocycles. The zero-order valence-corrected chi connectivity index (χ0v) is 33.3. The summed E-state index contributed by atoms with van der Waals surface area (Å²) in [4.78, 5) is 67.8. The first-order valence-electron chi connectivity index (χ1n) is 19.2. The average molecular weight is 807 g/mol. The minimum absolute atomic E-state index is 0.163. The Morgan fingerprint density at radius 1 is 0.780 bits per heavy atom. The molecule has 59 heavy (non-hydrogen) atoms. The smallest absolute Gasteiger partial charge is 0.276 e. The second kappa shape index (κ2) is 17.3. The van der Waals surface area contributed by atoms with E-state index in [2.05, 4.69) is 35.7 Å². The van der Waals surface area contributed by atoms with Gasteiger partial charge in [-0.05, 0) is 58.0 Å². The normalized spacial score (nSPS) is 13.4. The number of rotatable bonds is 16. The minimum Gasteiger partial charge on any atom is -0.490 e. The number of benzene rings is 1. The van der Waals surface area contributed by atoms with E-state index in [1.807, 2.05) is 32.9 Å². The number of pyridine rings is 1. The Hall–Kier alpha value is -6.93. The van der Waals surface area contributed by atoms with Gasteiger partial charge in [0.2, 0.25) is 23.7 Å². The highest BCUT2D eigenvalue weighted by Gasteiger charge is 2.23. The number of amides is 4. The van der Waals surface area contributed by atoms with Crippen LogP contribution in [0.15, 0.2) is 48.7 Å². The Morgan fingerprint density at radius 2 is 1.34 bits per heavy atom. The molecular formula is C39H46N14O6. The van der Waals surface area contributed by atoms with Gasteiger partial charge in [-0.25, -0.2) is 15.0 Å². The lowest BCUT2D eigenvalue weighted by Gasteiger charge is -2.26. The fraction of sp³-hybridized carbons (Fsp3) is 0.359. The molecule has 20 nitrogen and oxygen atoms in total. The zero-order chi connectivity index (χ0) is 41.8. The molecule has 1 aliphatic heterocycles. The van der Waals surface area contributed by atoms with Crippen LogP contribution in [0.3, 0.4) is 0 Å². The van der Waals surface area contributed by atoms with Crippen molar-refractivity contribution in [3.8, 4) is 5.75 Å². The van der Waals surface area contributed by atoms with Crippen molar-refractivity contribution in [1.29, 1.82) is 0 Å². The summed E-state index contributed by atoms with van der Waals surface area (Å²) < 4.78 is 18.5. The van der Waals surface area contributed by atoms with Crippen LogP contribution in [-0.4, -0.2) is 112 Å². The van der Waals surface area contributed by atoms with Crippen LogP contribution in [-0.2, 0) is 30.9 Å². The second-order valence-corrected chi connectivity index (χ2v) is 13.9. The standard InChI is InChI=1S/C39H46N14O6/c1-5-52-29(17-23(3)47-52)36(56)45-38-43-27-19-25(33(40)54)21-31(59-16-13-49-11-14-58-15-12-49)32(27)50(38)9-7-8-10-51-35-28(20-26(22-42-35)34(41)55)44-39(51)46-37(57)30-18-24(4)48-53(30)6-2/h7-8,17-22H,5-6,9-16H2,1-4H3,(H2,40,54)(H2,41,55)(H,43,45,56)(H,44,46,57)/b8-7+. The number of hydrogen-bond donors (Lipinski definition) is 4. The van der Waals surface area contributed by atoms with Gasteiger partial charge in [0.25, 0.3) is 11.8 Å².